The molecule has 1 aliphatic carbocycles. The topological polar surface area (TPSA) is 32.3 Å². The molecule has 114 valence electrons. The predicted molar refractivity (Wildman–Crippen MR) is 85.4 cm³/mol. The second-order valence-corrected chi connectivity index (χ2v) is 6.43. The molecule has 3 heteroatoms. The van der Waals surface area contributed by atoms with Gasteiger partial charge in [-0.3, -0.25) is 4.79 Å². The Morgan fingerprint density at radius 1 is 0.905 bits per heavy atom. The lowest BCUT2D eigenvalue weighted by Crippen LogP contribution is -2.48. The summed E-state index contributed by atoms with van der Waals surface area (Å²) in [6.07, 6.45) is 9.02. The minimum absolute atomic E-state index is 0.187. The average molecular weight is 286 g/mol. The van der Waals surface area contributed by atoms with Crippen LogP contribution < -0.4 is 5.32 Å². The third-order valence-corrected chi connectivity index (χ3v) is 4.88. The lowest BCUT2D eigenvalue weighted by Gasteiger charge is -2.35. The van der Waals surface area contributed by atoms with Crippen molar-refractivity contribution in [3.8, 4) is 0 Å². The smallest absolute Gasteiger partial charge is 0.253 e. The van der Waals surface area contributed by atoms with Gasteiger partial charge in [0.15, 0.2) is 0 Å². The molecule has 3 nitrogen and oxygen atoms in total. The number of benzene rings is 1. The Bertz CT molecular complexity index is 446. The normalized spacial score (nSPS) is 21.4. The van der Waals surface area contributed by atoms with Crippen LogP contribution in [0.2, 0.25) is 0 Å². The molecular weight excluding hydrogens is 260 g/mol. The number of nitrogens with one attached hydrogen (secondary N) is 1. The minimum atomic E-state index is 0.187. The van der Waals surface area contributed by atoms with Gasteiger partial charge < -0.3 is 10.2 Å². The van der Waals surface area contributed by atoms with Crippen LogP contribution in [0.5, 0.6) is 0 Å². The van der Waals surface area contributed by atoms with Crippen LogP contribution in [-0.2, 0) is 0 Å². The highest BCUT2D eigenvalue weighted by atomic mass is 16.2. The van der Waals surface area contributed by atoms with E-state index in [1.807, 2.05) is 35.2 Å². The molecule has 1 aromatic rings. The van der Waals surface area contributed by atoms with E-state index in [1.165, 1.54) is 32.1 Å². The first kappa shape index (κ1) is 14.6. The number of hydrogen-bond donors (Lipinski definition) is 1. The van der Waals surface area contributed by atoms with Crippen LogP contribution >= 0.6 is 0 Å². The molecule has 0 bridgehead atoms. The van der Waals surface area contributed by atoms with Gasteiger partial charge in [0, 0.05) is 30.7 Å². The molecule has 1 saturated carbocycles. The fourth-order valence-corrected chi connectivity index (χ4v) is 3.62. The lowest BCUT2D eigenvalue weighted by atomic mass is 9.93. The van der Waals surface area contributed by atoms with Crippen molar-refractivity contribution in [2.45, 2.75) is 57.0 Å². The van der Waals surface area contributed by atoms with E-state index in [2.05, 4.69) is 5.32 Å². The number of amides is 1. The molecule has 2 fully saturated rings. The van der Waals surface area contributed by atoms with E-state index in [-0.39, 0.29) is 5.91 Å². The van der Waals surface area contributed by atoms with Gasteiger partial charge in [-0.1, -0.05) is 37.5 Å². The summed E-state index contributed by atoms with van der Waals surface area (Å²) in [7, 11) is 0. The molecule has 0 aromatic heterocycles. The molecule has 1 heterocycles. The van der Waals surface area contributed by atoms with Crippen molar-refractivity contribution in [1.82, 2.24) is 10.2 Å². The van der Waals surface area contributed by atoms with Crippen LogP contribution in [-0.4, -0.2) is 36.0 Å². The van der Waals surface area contributed by atoms with E-state index >= 15 is 0 Å². The second kappa shape index (κ2) is 7.08. The van der Waals surface area contributed by atoms with E-state index in [0.29, 0.717) is 6.04 Å². The molecule has 1 N–H and O–H groups in total. The maximum atomic E-state index is 12.4. The summed E-state index contributed by atoms with van der Waals surface area (Å²) in [5.41, 5.74) is 0.816. The zero-order valence-electron chi connectivity index (χ0n) is 12.8. The van der Waals surface area contributed by atoms with Crippen molar-refractivity contribution in [1.29, 1.82) is 0 Å². The van der Waals surface area contributed by atoms with Gasteiger partial charge in [0.1, 0.15) is 0 Å². The summed E-state index contributed by atoms with van der Waals surface area (Å²) >= 11 is 0. The molecule has 0 unspecified atom stereocenters. The molecule has 0 atom stereocenters. The molecule has 1 aromatic carbocycles. The molecule has 1 amide bonds. The second-order valence-electron chi connectivity index (χ2n) is 6.43. The predicted octanol–water partition coefficient (Wildman–Crippen LogP) is 3.21. The Labute approximate surface area is 127 Å². The Morgan fingerprint density at radius 3 is 2.19 bits per heavy atom. The molecule has 21 heavy (non-hydrogen) atoms. The Hall–Kier alpha value is -1.35. The van der Waals surface area contributed by atoms with Crippen LogP contribution in [0.25, 0.3) is 0 Å². The van der Waals surface area contributed by atoms with Crippen LogP contribution in [0, 0.1) is 0 Å². The largest absolute Gasteiger partial charge is 0.339 e. The van der Waals surface area contributed by atoms with Crippen molar-refractivity contribution in [2.75, 3.05) is 13.1 Å². The molecule has 0 radical (unpaired) electrons. The van der Waals surface area contributed by atoms with E-state index < -0.39 is 0 Å². The van der Waals surface area contributed by atoms with Crippen molar-refractivity contribution >= 4 is 5.91 Å². The molecule has 1 aliphatic heterocycles. The average Bonchev–Trinajstić information content (AvgIpc) is 2.57. The number of carbonyl (C=O) groups excluding carboxylic acids is 1. The van der Waals surface area contributed by atoms with Crippen LogP contribution in [0.3, 0.4) is 0 Å². The van der Waals surface area contributed by atoms with Gasteiger partial charge >= 0.3 is 0 Å². The first-order valence-corrected chi connectivity index (χ1v) is 8.43. The highest BCUT2D eigenvalue weighted by Crippen LogP contribution is 2.20. The number of piperidine rings is 1. The summed E-state index contributed by atoms with van der Waals surface area (Å²) in [5, 5.41) is 3.82. The van der Waals surface area contributed by atoms with Gasteiger partial charge in [-0.15, -0.1) is 0 Å². The fourth-order valence-electron chi connectivity index (χ4n) is 3.62. The van der Waals surface area contributed by atoms with Crippen molar-refractivity contribution in [3.05, 3.63) is 35.9 Å². The Balaban J connectivity index is 1.47. The molecule has 3 rings (SSSR count). The zero-order chi connectivity index (χ0) is 14.5. The SMILES string of the molecule is O=C(c1ccccc1)N1CCC(NC2CCCCC2)CC1. The first-order valence-electron chi connectivity index (χ1n) is 8.43. The van der Waals surface area contributed by atoms with Crippen LogP contribution in [0.15, 0.2) is 30.3 Å². The van der Waals surface area contributed by atoms with E-state index in [4.69, 9.17) is 0 Å². The number of likely N-dealkylation sites (tertiary alicyclic amines) is 1. The van der Waals surface area contributed by atoms with Crippen molar-refractivity contribution < 1.29 is 4.79 Å². The third kappa shape index (κ3) is 3.85. The van der Waals surface area contributed by atoms with Gasteiger partial charge in [-0.2, -0.15) is 0 Å². The number of nitrogens with zero attached hydrogens (tertiary/aromatic N) is 1. The Morgan fingerprint density at radius 2 is 1.52 bits per heavy atom. The monoisotopic (exact) mass is 286 g/mol. The quantitative estimate of drug-likeness (QED) is 0.925. The molecule has 0 spiro atoms. The first-order chi connectivity index (χ1) is 10.3. The maximum Gasteiger partial charge on any atom is 0.253 e. The zero-order valence-corrected chi connectivity index (χ0v) is 12.8. The van der Waals surface area contributed by atoms with Crippen molar-refractivity contribution in [2.24, 2.45) is 0 Å². The summed E-state index contributed by atoms with van der Waals surface area (Å²) in [5.74, 6) is 0.187. The Kier molecular flexibility index (Phi) is 4.91. The lowest BCUT2D eigenvalue weighted by molar-refractivity contribution is 0.0699. The van der Waals surface area contributed by atoms with E-state index in [1.54, 1.807) is 0 Å². The van der Waals surface area contributed by atoms with Gasteiger partial charge in [-0.05, 0) is 37.8 Å². The minimum Gasteiger partial charge on any atom is -0.339 e. The number of carbonyl (C=O) groups is 1. The summed E-state index contributed by atoms with van der Waals surface area (Å²) < 4.78 is 0. The summed E-state index contributed by atoms with van der Waals surface area (Å²) in [6.45, 7) is 1.77. The summed E-state index contributed by atoms with van der Waals surface area (Å²) in [4.78, 5) is 14.4. The van der Waals surface area contributed by atoms with Gasteiger partial charge in [0.25, 0.3) is 5.91 Å². The molecule has 2 aliphatic rings. The number of rotatable bonds is 3. The standard InChI is InChI=1S/C18H26N2O/c21-18(15-7-3-1-4-8-15)20-13-11-17(12-14-20)19-16-9-5-2-6-10-16/h1,3-4,7-8,16-17,19H,2,5-6,9-14H2. The van der Waals surface area contributed by atoms with Gasteiger partial charge in [0.2, 0.25) is 0 Å². The fraction of sp³-hybridized carbons (Fsp3) is 0.611. The van der Waals surface area contributed by atoms with Gasteiger partial charge in [0.05, 0.1) is 0 Å². The number of hydrogen-bond acceptors (Lipinski definition) is 2. The highest BCUT2D eigenvalue weighted by Gasteiger charge is 2.25. The highest BCUT2D eigenvalue weighted by molar-refractivity contribution is 5.94. The van der Waals surface area contributed by atoms with Crippen LogP contribution in [0.1, 0.15) is 55.3 Å². The van der Waals surface area contributed by atoms with Gasteiger partial charge in [-0.25, -0.2) is 0 Å². The van der Waals surface area contributed by atoms with E-state index in [0.717, 1.165) is 37.5 Å². The maximum absolute atomic E-state index is 12.4. The van der Waals surface area contributed by atoms with E-state index in [9.17, 15) is 4.79 Å². The summed E-state index contributed by atoms with van der Waals surface area (Å²) in [6, 6.07) is 11.0. The van der Waals surface area contributed by atoms with Crippen LogP contribution in [0.4, 0.5) is 0 Å². The van der Waals surface area contributed by atoms with Crippen molar-refractivity contribution in [3.63, 3.8) is 0 Å². The third-order valence-electron chi connectivity index (χ3n) is 4.88. The molecular formula is C18H26N2O. The molecule has 1 saturated heterocycles.